The first-order valence-corrected chi connectivity index (χ1v) is 6.20. The summed E-state index contributed by atoms with van der Waals surface area (Å²) in [5.41, 5.74) is 5.49. The number of imide groups is 1. The zero-order chi connectivity index (χ0) is 15.8. The minimum Gasteiger partial charge on any atom is -0.449 e. The van der Waals surface area contributed by atoms with Crippen molar-refractivity contribution in [2.45, 2.75) is 13.0 Å². The van der Waals surface area contributed by atoms with Crippen LogP contribution in [0.2, 0.25) is 0 Å². The first-order chi connectivity index (χ1) is 9.95. The van der Waals surface area contributed by atoms with Gasteiger partial charge in [0.25, 0.3) is 5.91 Å². The Morgan fingerprint density at radius 1 is 1.33 bits per heavy atom. The van der Waals surface area contributed by atoms with Crippen LogP contribution in [0.3, 0.4) is 0 Å². The molecule has 0 unspecified atom stereocenters. The second-order valence-corrected chi connectivity index (χ2v) is 4.10. The number of benzene rings is 1. The maximum absolute atomic E-state index is 12.0. The number of carbonyl (C=O) groups excluding carboxylic acids is 3. The molecule has 3 amide bonds. The fourth-order valence-corrected chi connectivity index (χ4v) is 1.51. The molecule has 8 heteroatoms. The van der Waals surface area contributed by atoms with E-state index in [2.05, 4.69) is 5.32 Å². The monoisotopic (exact) mass is 295 g/mol. The van der Waals surface area contributed by atoms with Crippen molar-refractivity contribution in [1.29, 1.82) is 0 Å². The molecule has 0 spiro atoms. The van der Waals surface area contributed by atoms with Gasteiger partial charge >= 0.3 is 12.0 Å². The number of anilines is 1. The highest BCUT2D eigenvalue weighted by Crippen LogP contribution is 2.16. The molecule has 0 aliphatic carbocycles. The summed E-state index contributed by atoms with van der Waals surface area (Å²) in [6.07, 6.45) is -1.17. The van der Waals surface area contributed by atoms with Crippen LogP contribution in [-0.4, -0.2) is 42.3 Å². The van der Waals surface area contributed by atoms with E-state index in [0.29, 0.717) is 5.69 Å². The minimum absolute atomic E-state index is 0.0964. The van der Waals surface area contributed by atoms with Gasteiger partial charge in [-0.25, -0.2) is 9.59 Å². The van der Waals surface area contributed by atoms with E-state index in [9.17, 15) is 14.4 Å². The SMILES string of the molecule is C[C@H](OC(=O)c1ccccc1NCCO)C(=O)NC(N)=O. The van der Waals surface area contributed by atoms with Gasteiger partial charge in [0.2, 0.25) is 0 Å². The fourth-order valence-electron chi connectivity index (χ4n) is 1.51. The lowest BCUT2D eigenvalue weighted by atomic mass is 10.2. The number of urea groups is 1. The van der Waals surface area contributed by atoms with E-state index in [1.807, 2.05) is 5.32 Å². The van der Waals surface area contributed by atoms with Crippen molar-refractivity contribution in [3.05, 3.63) is 29.8 Å². The average molecular weight is 295 g/mol. The number of nitrogens with one attached hydrogen (secondary N) is 2. The maximum atomic E-state index is 12.0. The lowest BCUT2D eigenvalue weighted by Gasteiger charge is -2.14. The van der Waals surface area contributed by atoms with Gasteiger partial charge in [-0.3, -0.25) is 10.1 Å². The molecule has 0 aromatic heterocycles. The number of primary amides is 1. The molecule has 0 saturated heterocycles. The molecule has 1 rings (SSSR count). The molecule has 0 aliphatic heterocycles. The molecule has 0 heterocycles. The first kappa shape index (κ1) is 16.4. The summed E-state index contributed by atoms with van der Waals surface area (Å²) in [6, 6.07) is 5.48. The lowest BCUT2D eigenvalue weighted by Crippen LogP contribution is -2.42. The van der Waals surface area contributed by atoms with Crippen LogP contribution in [0.15, 0.2) is 24.3 Å². The molecule has 8 nitrogen and oxygen atoms in total. The Hall–Kier alpha value is -2.61. The highest BCUT2D eigenvalue weighted by atomic mass is 16.5. The third-order valence-corrected chi connectivity index (χ3v) is 2.47. The van der Waals surface area contributed by atoms with E-state index in [4.69, 9.17) is 15.6 Å². The van der Waals surface area contributed by atoms with Crippen molar-refractivity contribution in [2.75, 3.05) is 18.5 Å². The molecule has 1 aromatic carbocycles. The molecule has 21 heavy (non-hydrogen) atoms. The number of amides is 3. The van der Waals surface area contributed by atoms with Gasteiger partial charge in [-0.2, -0.15) is 0 Å². The third-order valence-electron chi connectivity index (χ3n) is 2.47. The number of aliphatic hydroxyl groups is 1. The Balaban J connectivity index is 2.75. The molecule has 0 fully saturated rings. The smallest absolute Gasteiger partial charge is 0.341 e. The van der Waals surface area contributed by atoms with Crippen LogP contribution in [0.4, 0.5) is 10.5 Å². The van der Waals surface area contributed by atoms with Gasteiger partial charge in [0.05, 0.1) is 12.2 Å². The summed E-state index contributed by atoms with van der Waals surface area (Å²) in [6.45, 7) is 1.49. The minimum atomic E-state index is -1.17. The summed E-state index contributed by atoms with van der Waals surface area (Å²) in [7, 11) is 0. The normalized spacial score (nSPS) is 11.3. The summed E-state index contributed by atoms with van der Waals surface area (Å²) in [4.78, 5) is 34.0. The number of para-hydroxylation sites is 1. The number of ether oxygens (including phenoxy) is 1. The Morgan fingerprint density at radius 3 is 2.62 bits per heavy atom. The van der Waals surface area contributed by atoms with Crippen molar-refractivity contribution in [2.24, 2.45) is 5.73 Å². The highest BCUT2D eigenvalue weighted by molar-refractivity contribution is 5.99. The molecular formula is C13H17N3O5. The van der Waals surface area contributed by atoms with Crippen molar-refractivity contribution in [1.82, 2.24) is 5.32 Å². The van der Waals surface area contributed by atoms with Crippen molar-refractivity contribution < 1.29 is 24.2 Å². The summed E-state index contributed by atoms with van der Waals surface area (Å²) < 4.78 is 4.96. The van der Waals surface area contributed by atoms with Crippen LogP contribution >= 0.6 is 0 Å². The van der Waals surface area contributed by atoms with Crippen LogP contribution in [-0.2, 0) is 9.53 Å². The predicted molar refractivity (Wildman–Crippen MR) is 74.6 cm³/mol. The second kappa shape index (κ2) is 7.85. The standard InChI is InChI=1S/C13H17N3O5/c1-8(11(18)16-13(14)20)21-12(19)9-4-2-3-5-10(9)15-6-7-17/h2-5,8,15,17H,6-7H2,1H3,(H3,14,16,18,20)/t8-/m0/s1. The maximum Gasteiger partial charge on any atom is 0.341 e. The predicted octanol–water partition coefficient (Wildman–Crippen LogP) is -0.169. The van der Waals surface area contributed by atoms with Crippen molar-refractivity contribution >= 4 is 23.6 Å². The molecule has 1 atom stereocenters. The number of hydrogen-bond donors (Lipinski definition) is 4. The van der Waals surface area contributed by atoms with E-state index >= 15 is 0 Å². The van der Waals surface area contributed by atoms with Gasteiger partial charge in [0.1, 0.15) is 0 Å². The number of carbonyl (C=O) groups is 3. The summed E-state index contributed by atoms with van der Waals surface area (Å²) in [5, 5.41) is 13.5. The number of esters is 1. The summed E-state index contributed by atoms with van der Waals surface area (Å²) >= 11 is 0. The van der Waals surface area contributed by atoms with Crippen LogP contribution in [0, 0.1) is 0 Å². The van der Waals surface area contributed by atoms with Gasteiger partial charge < -0.3 is 20.9 Å². The number of nitrogens with two attached hydrogens (primary N) is 1. The molecule has 5 N–H and O–H groups in total. The third kappa shape index (κ3) is 5.11. The van der Waals surface area contributed by atoms with Gasteiger partial charge in [-0.15, -0.1) is 0 Å². The number of hydrogen-bond acceptors (Lipinski definition) is 6. The zero-order valence-corrected chi connectivity index (χ0v) is 11.5. The second-order valence-electron chi connectivity index (χ2n) is 4.10. The molecule has 0 radical (unpaired) electrons. The van der Waals surface area contributed by atoms with Gasteiger partial charge in [0.15, 0.2) is 6.10 Å². The number of rotatable bonds is 6. The number of aliphatic hydroxyl groups excluding tert-OH is 1. The van der Waals surface area contributed by atoms with Crippen molar-refractivity contribution in [3.63, 3.8) is 0 Å². The van der Waals surface area contributed by atoms with E-state index < -0.39 is 24.0 Å². The molecule has 0 saturated carbocycles. The molecule has 0 bridgehead atoms. The lowest BCUT2D eigenvalue weighted by molar-refractivity contribution is -0.127. The Labute approximate surface area is 121 Å². The topological polar surface area (TPSA) is 131 Å². The Bertz CT molecular complexity index is 532. The average Bonchev–Trinajstić information content (AvgIpc) is 2.44. The van der Waals surface area contributed by atoms with Crippen LogP contribution in [0.1, 0.15) is 17.3 Å². The zero-order valence-electron chi connectivity index (χ0n) is 11.5. The molecule has 114 valence electrons. The molecular weight excluding hydrogens is 278 g/mol. The Kier molecular flexibility index (Phi) is 6.15. The van der Waals surface area contributed by atoms with E-state index in [-0.39, 0.29) is 18.7 Å². The molecule has 0 aliphatic rings. The summed E-state index contributed by atoms with van der Waals surface area (Å²) in [5.74, 6) is -1.54. The van der Waals surface area contributed by atoms with E-state index in [0.717, 1.165) is 0 Å². The van der Waals surface area contributed by atoms with Crippen LogP contribution < -0.4 is 16.4 Å². The highest BCUT2D eigenvalue weighted by Gasteiger charge is 2.21. The Morgan fingerprint density at radius 2 is 2.00 bits per heavy atom. The quantitative estimate of drug-likeness (QED) is 0.539. The first-order valence-electron chi connectivity index (χ1n) is 6.20. The van der Waals surface area contributed by atoms with E-state index in [1.165, 1.54) is 13.0 Å². The van der Waals surface area contributed by atoms with E-state index in [1.54, 1.807) is 18.2 Å². The van der Waals surface area contributed by atoms with Crippen LogP contribution in [0.25, 0.3) is 0 Å². The van der Waals surface area contributed by atoms with Gasteiger partial charge in [-0.05, 0) is 19.1 Å². The van der Waals surface area contributed by atoms with Crippen LogP contribution in [0.5, 0.6) is 0 Å². The van der Waals surface area contributed by atoms with Gasteiger partial charge in [-0.1, -0.05) is 12.1 Å². The van der Waals surface area contributed by atoms with Crippen molar-refractivity contribution in [3.8, 4) is 0 Å². The van der Waals surface area contributed by atoms with Gasteiger partial charge in [0, 0.05) is 12.2 Å². The largest absolute Gasteiger partial charge is 0.449 e. The molecule has 1 aromatic rings. The fraction of sp³-hybridized carbons (Fsp3) is 0.308.